The van der Waals surface area contributed by atoms with Gasteiger partial charge in [-0.05, 0) is 32.3 Å². The van der Waals surface area contributed by atoms with E-state index in [2.05, 4.69) is 15.0 Å². The van der Waals surface area contributed by atoms with Gasteiger partial charge < -0.3 is 10.6 Å². The third kappa shape index (κ3) is 3.00. The summed E-state index contributed by atoms with van der Waals surface area (Å²) < 4.78 is 0. The van der Waals surface area contributed by atoms with Crippen molar-refractivity contribution in [3.8, 4) is 10.8 Å². The zero-order valence-electron chi connectivity index (χ0n) is 12.5. The van der Waals surface area contributed by atoms with Gasteiger partial charge in [0.1, 0.15) is 5.69 Å². The van der Waals surface area contributed by atoms with Gasteiger partial charge in [-0.2, -0.15) is 0 Å². The largest absolute Gasteiger partial charge is 0.333 e. The van der Waals surface area contributed by atoms with Crippen molar-refractivity contribution >= 4 is 17.2 Å². The van der Waals surface area contributed by atoms with Crippen LogP contribution in [0.1, 0.15) is 36.7 Å². The summed E-state index contributed by atoms with van der Waals surface area (Å²) in [4.78, 5) is 27.4. The Morgan fingerprint density at radius 2 is 2.18 bits per heavy atom. The first-order chi connectivity index (χ1) is 10.7. The van der Waals surface area contributed by atoms with Gasteiger partial charge in [0, 0.05) is 36.4 Å². The van der Waals surface area contributed by atoms with Gasteiger partial charge in [-0.1, -0.05) is 0 Å². The minimum absolute atomic E-state index is 0.0280. The predicted octanol–water partition coefficient (Wildman–Crippen LogP) is 1.94. The summed E-state index contributed by atoms with van der Waals surface area (Å²) in [6.07, 6.45) is 6.44. The molecule has 2 atom stereocenters. The van der Waals surface area contributed by atoms with E-state index >= 15 is 0 Å². The van der Waals surface area contributed by atoms with Crippen LogP contribution in [-0.4, -0.2) is 44.4 Å². The van der Waals surface area contributed by atoms with Gasteiger partial charge in [-0.3, -0.25) is 4.79 Å². The number of hydrogen-bond acceptors (Lipinski definition) is 6. The molecule has 6 nitrogen and oxygen atoms in total. The van der Waals surface area contributed by atoms with Crippen molar-refractivity contribution in [2.24, 2.45) is 5.73 Å². The van der Waals surface area contributed by atoms with Gasteiger partial charge in [0.2, 0.25) is 0 Å². The minimum Gasteiger partial charge on any atom is -0.333 e. The lowest BCUT2D eigenvalue weighted by atomic mass is 9.96. The van der Waals surface area contributed by atoms with Crippen LogP contribution >= 0.6 is 11.3 Å². The average Bonchev–Trinajstić information content (AvgIpc) is 3.05. The molecule has 1 saturated heterocycles. The molecule has 2 aromatic heterocycles. The Morgan fingerprint density at radius 3 is 2.91 bits per heavy atom. The fraction of sp³-hybridized carbons (Fsp3) is 0.467. The lowest BCUT2D eigenvalue weighted by Crippen LogP contribution is -2.51. The van der Waals surface area contributed by atoms with E-state index < -0.39 is 0 Å². The van der Waals surface area contributed by atoms with Crippen LogP contribution < -0.4 is 5.73 Å². The number of likely N-dealkylation sites (tertiary alicyclic amines) is 1. The Hall–Kier alpha value is -1.86. The first kappa shape index (κ1) is 15.1. The van der Waals surface area contributed by atoms with Crippen LogP contribution in [0, 0.1) is 0 Å². The molecule has 0 aliphatic carbocycles. The molecule has 0 radical (unpaired) electrons. The molecule has 0 aromatic carbocycles. The highest BCUT2D eigenvalue weighted by Crippen LogP contribution is 2.24. The van der Waals surface area contributed by atoms with Crippen molar-refractivity contribution in [2.75, 3.05) is 6.54 Å². The summed E-state index contributed by atoms with van der Waals surface area (Å²) in [5, 5.41) is 2.44. The second-order valence-electron chi connectivity index (χ2n) is 5.53. The van der Waals surface area contributed by atoms with E-state index in [1.807, 2.05) is 11.8 Å². The molecule has 1 aliphatic rings. The molecule has 2 N–H and O–H groups in total. The number of piperidine rings is 1. The van der Waals surface area contributed by atoms with E-state index in [0.29, 0.717) is 16.5 Å². The van der Waals surface area contributed by atoms with Crippen LogP contribution in [0.5, 0.6) is 0 Å². The van der Waals surface area contributed by atoms with Crippen molar-refractivity contribution in [1.82, 2.24) is 19.9 Å². The third-order valence-electron chi connectivity index (χ3n) is 3.90. The Morgan fingerprint density at radius 1 is 1.41 bits per heavy atom. The highest BCUT2D eigenvalue weighted by Gasteiger charge is 2.31. The number of hydrogen-bond donors (Lipinski definition) is 1. The maximum absolute atomic E-state index is 12.7. The second kappa shape index (κ2) is 6.50. The van der Waals surface area contributed by atoms with Gasteiger partial charge in [0.25, 0.3) is 5.91 Å². The number of rotatable bonds is 3. The molecule has 7 heteroatoms. The van der Waals surface area contributed by atoms with Gasteiger partial charge in [0.15, 0.2) is 10.8 Å². The van der Waals surface area contributed by atoms with Crippen LogP contribution in [0.15, 0.2) is 23.8 Å². The SMILES string of the molecule is CC(N)C1CCCCN1C(=O)c1csc(-c2ncccn2)n1. The lowest BCUT2D eigenvalue weighted by Gasteiger charge is -2.37. The summed E-state index contributed by atoms with van der Waals surface area (Å²) >= 11 is 1.39. The van der Waals surface area contributed by atoms with Crippen molar-refractivity contribution in [1.29, 1.82) is 0 Å². The molecule has 22 heavy (non-hydrogen) atoms. The fourth-order valence-corrected chi connectivity index (χ4v) is 3.53. The zero-order valence-corrected chi connectivity index (χ0v) is 13.3. The third-order valence-corrected chi connectivity index (χ3v) is 4.74. The topological polar surface area (TPSA) is 85.0 Å². The molecule has 0 spiro atoms. The van der Waals surface area contributed by atoms with Crippen LogP contribution in [0.3, 0.4) is 0 Å². The highest BCUT2D eigenvalue weighted by atomic mass is 32.1. The molecule has 2 unspecified atom stereocenters. The van der Waals surface area contributed by atoms with E-state index in [-0.39, 0.29) is 18.0 Å². The summed E-state index contributed by atoms with van der Waals surface area (Å²) in [6, 6.07) is 1.82. The second-order valence-corrected chi connectivity index (χ2v) is 6.39. The van der Waals surface area contributed by atoms with Crippen LogP contribution in [-0.2, 0) is 0 Å². The molecule has 2 aromatic rings. The van der Waals surface area contributed by atoms with Gasteiger partial charge in [-0.15, -0.1) is 11.3 Å². The lowest BCUT2D eigenvalue weighted by molar-refractivity contribution is 0.0578. The summed E-state index contributed by atoms with van der Waals surface area (Å²) in [7, 11) is 0. The van der Waals surface area contributed by atoms with E-state index in [9.17, 15) is 4.79 Å². The van der Waals surface area contributed by atoms with Crippen LogP contribution in [0.2, 0.25) is 0 Å². The summed E-state index contributed by atoms with van der Waals surface area (Å²) in [5.41, 5.74) is 6.50. The molecular weight excluding hydrogens is 298 g/mol. The van der Waals surface area contributed by atoms with Gasteiger partial charge >= 0.3 is 0 Å². The normalized spacial score (nSPS) is 19.9. The monoisotopic (exact) mass is 317 g/mol. The maximum atomic E-state index is 12.7. The van der Waals surface area contributed by atoms with E-state index in [4.69, 9.17) is 5.73 Å². The van der Waals surface area contributed by atoms with Crippen molar-refractivity contribution in [2.45, 2.75) is 38.3 Å². The first-order valence-corrected chi connectivity index (χ1v) is 8.34. The van der Waals surface area contributed by atoms with Crippen LogP contribution in [0.4, 0.5) is 0 Å². The Labute approximate surface area is 133 Å². The molecule has 0 bridgehead atoms. The molecule has 116 valence electrons. The molecule has 1 fully saturated rings. The molecule has 1 amide bonds. The van der Waals surface area contributed by atoms with Crippen molar-refractivity contribution < 1.29 is 4.79 Å². The average molecular weight is 317 g/mol. The number of thiazole rings is 1. The molecule has 1 aliphatic heterocycles. The molecule has 3 heterocycles. The van der Waals surface area contributed by atoms with E-state index in [0.717, 1.165) is 25.8 Å². The molecule has 0 saturated carbocycles. The number of aromatic nitrogens is 3. The summed E-state index contributed by atoms with van der Waals surface area (Å²) in [6.45, 7) is 2.71. The zero-order chi connectivity index (χ0) is 15.5. The van der Waals surface area contributed by atoms with Gasteiger partial charge in [0.05, 0.1) is 0 Å². The Balaban J connectivity index is 1.82. The predicted molar refractivity (Wildman–Crippen MR) is 85.5 cm³/mol. The number of carbonyl (C=O) groups excluding carboxylic acids is 1. The number of nitrogens with zero attached hydrogens (tertiary/aromatic N) is 4. The van der Waals surface area contributed by atoms with Gasteiger partial charge in [-0.25, -0.2) is 15.0 Å². The smallest absolute Gasteiger partial charge is 0.273 e. The van der Waals surface area contributed by atoms with Crippen molar-refractivity contribution in [3.05, 3.63) is 29.5 Å². The van der Waals surface area contributed by atoms with Crippen molar-refractivity contribution in [3.63, 3.8) is 0 Å². The summed E-state index contributed by atoms with van der Waals surface area (Å²) in [5.74, 6) is 0.509. The van der Waals surface area contributed by atoms with E-state index in [1.165, 1.54) is 11.3 Å². The molecular formula is C15H19N5OS. The number of amides is 1. The van der Waals surface area contributed by atoms with Crippen LogP contribution in [0.25, 0.3) is 10.8 Å². The highest BCUT2D eigenvalue weighted by molar-refractivity contribution is 7.13. The number of nitrogens with two attached hydrogens (primary N) is 1. The maximum Gasteiger partial charge on any atom is 0.273 e. The first-order valence-electron chi connectivity index (χ1n) is 7.46. The standard InChI is InChI=1S/C15H19N5OS/c1-10(16)12-5-2-3-8-20(12)15(21)11-9-22-14(19-11)13-17-6-4-7-18-13/h4,6-7,9-10,12H,2-3,5,8,16H2,1H3. The Kier molecular flexibility index (Phi) is 4.44. The molecule has 3 rings (SSSR count). The quantitative estimate of drug-likeness (QED) is 0.935. The number of carbonyl (C=O) groups is 1. The minimum atomic E-state index is -0.0413. The Bertz CT molecular complexity index is 642. The van der Waals surface area contributed by atoms with E-state index in [1.54, 1.807) is 23.8 Å². The fourth-order valence-electron chi connectivity index (χ4n) is 2.79.